The predicted octanol–water partition coefficient (Wildman–Crippen LogP) is 1.36. The summed E-state index contributed by atoms with van der Waals surface area (Å²) in [4.78, 5) is 34.9. The molecular formula is C17H24N4O2. The monoisotopic (exact) mass is 316 g/mol. The molecule has 1 saturated heterocycles. The molecule has 1 N–H and O–H groups in total. The number of amides is 2. The van der Waals surface area contributed by atoms with Crippen molar-refractivity contribution in [1.29, 1.82) is 0 Å². The first kappa shape index (κ1) is 15.9. The van der Waals surface area contributed by atoms with Crippen molar-refractivity contribution in [3.8, 4) is 0 Å². The van der Waals surface area contributed by atoms with Gasteiger partial charge in [0.15, 0.2) is 0 Å². The second kappa shape index (κ2) is 6.64. The molecule has 3 rings (SSSR count). The molecule has 0 bridgehead atoms. The van der Waals surface area contributed by atoms with E-state index in [2.05, 4.69) is 15.3 Å². The van der Waals surface area contributed by atoms with Crippen LogP contribution in [0.3, 0.4) is 0 Å². The fraction of sp³-hybridized carbons (Fsp3) is 0.647. The summed E-state index contributed by atoms with van der Waals surface area (Å²) in [5, 5.41) is 2.93. The molecular weight excluding hydrogens is 292 g/mol. The standard InChI is InChI=1S/C17H24N4O2/c1-11-9-12(2)20-15(19-11)10-18-16(22)13-5-7-21(8-6-13)17(23)14-3-4-14/h9,13-14H,3-8,10H2,1-2H3,(H,18,22). The van der Waals surface area contributed by atoms with Crippen molar-refractivity contribution in [2.75, 3.05) is 13.1 Å². The number of hydrogen-bond donors (Lipinski definition) is 1. The molecule has 1 aromatic rings. The molecule has 6 heteroatoms. The van der Waals surface area contributed by atoms with Gasteiger partial charge >= 0.3 is 0 Å². The third-order valence-electron chi connectivity index (χ3n) is 4.55. The first-order valence-corrected chi connectivity index (χ1v) is 8.40. The van der Waals surface area contributed by atoms with Crippen molar-refractivity contribution in [2.24, 2.45) is 11.8 Å². The Morgan fingerprint density at radius 2 is 1.70 bits per heavy atom. The Hall–Kier alpha value is -1.98. The van der Waals surface area contributed by atoms with E-state index >= 15 is 0 Å². The van der Waals surface area contributed by atoms with Gasteiger partial charge in [-0.05, 0) is 45.6 Å². The molecule has 6 nitrogen and oxygen atoms in total. The number of rotatable bonds is 4. The number of nitrogens with one attached hydrogen (secondary N) is 1. The van der Waals surface area contributed by atoms with E-state index in [9.17, 15) is 9.59 Å². The van der Waals surface area contributed by atoms with Crippen LogP contribution in [0.1, 0.15) is 42.9 Å². The average molecular weight is 316 g/mol. The van der Waals surface area contributed by atoms with Crippen molar-refractivity contribution < 1.29 is 9.59 Å². The molecule has 1 aliphatic heterocycles. The van der Waals surface area contributed by atoms with E-state index in [4.69, 9.17) is 0 Å². The Bertz CT molecular complexity index is 584. The quantitative estimate of drug-likeness (QED) is 0.910. The van der Waals surface area contributed by atoms with Gasteiger partial charge in [0.25, 0.3) is 0 Å². The van der Waals surface area contributed by atoms with Gasteiger partial charge in [0.05, 0.1) is 6.54 Å². The van der Waals surface area contributed by atoms with Crippen LogP contribution in [0, 0.1) is 25.7 Å². The zero-order valence-electron chi connectivity index (χ0n) is 13.8. The van der Waals surface area contributed by atoms with Gasteiger partial charge < -0.3 is 10.2 Å². The van der Waals surface area contributed by atoms with Crippen LogP contribution in [0.15, 0.2) is 6.07 Å². The van der Waals surface area contributed by atoms with E-state index in [1.807, 2.05) is 24.8 Å². The number of carbonyl (C=O) groups excluding carboxylic acids is 2. The van der Waals surface area contributed by atoms with Crippen LogP contribution >= 0.6 is 0 Å². The van der Waals surface area contributed by atoms with E-state index in [1.165, 1.54) is 0 Å². The van der Waals surface area contributed by atoms with Crippen LogP contribution in [-0.2, 0) is 16.1 Å². The Morgan fingerprint density at radius 3 is 2.26 bits per heavy atom. The van der Waals surface area contributed by atoms with Gasteiger partial charge in [-0.2, -0.15) is 0 Å². The molecule has 23 heavy (non-hydrogen) atoms. The van der Waals surface area contributed by atoms with Gasteiger partial charge in [0.1, 0.15) is 5.82 Å². The molecule has 1 saturated carbocycles. The predicted molar refractivity (Wildman–Crippen MR) is 85.4 cm³/mol. The summed E-state index contributed by atoms with van der Waals surface area (Å²) >= 11 is 0. The first-order valence-electron chi connectivity index (χ1n) is 8.40. The largest absolute Gasteiger partial charge is 0.349 e. The van der Waals surface area contributed by atoms with Gasteiger partial charge in [-0.1, -0.05) is 0 Å². The molecule has 2 amide bonds. The summed E-state index contributed by atoms with van der Waals surface area (Å²) in [7, 11) is 0. The molecule has 1 aliphatic carbocycles. The number of aryl methyl sites for hydroxylation is 2. The Kier molecular flexibility index (Phi) is 4.59. The van der Waals surface area contributed by atoms with Crippen LogP contribution in [-0.4, -0.2) is 39.8 Å². The molecule has 124 valence electrons. The number of likely N-dealkylation sites (tertiary alicyclic amines) is 1. The van der Waals surface area contributed by atoms with E-state index in [0.29, 0.717) is 25.5 Å². The lowest BCUT2D eigenvalue weighted by Crippen LogP contribution is -2.43. The highest BCUT2D eigenvalue weighted by Gasteiger charge is 2.35. The highest BCUT2D eigenvalue weighted by molar-refractivity contribution is 5.82. The lowest BCUT2D eigenvalue weighted by Gasteiger charge is -2.31. The van der Waals surface area contributed by atoms with Gasteiger partial charge in [-0.25, -0.2) is 9.97 Å². The van der Waals surface area contributed by atoms with Crippen LogP contribution < -0.4 is 5.32 Å². The third-order valence-corrected chi connectivity index (χ3v) is 4.55. The van der Waals surface area contributed by atoms with E-state index in [0.717, 1.165) is 37.1 Å². The Morgan fingerprint density at radius 1 is 1.09 bits per heavy atom. The molecule has 0 unspecified atom stereocenters. The summed E-state index contributed by atoms with van der Waals surface area (Å²) < 4.78 is 0. The summed E-state index contributed by atoms with van der Waals surface area (Å²) in [5.41, 5.74) is 1.82. The van der Waals surface area contributed by atoms with Crippen LogP contribution in [0.4, 0.5) is 0 Å². The smallest absolute Gasteiger partial charge is 0.225 e. The summed E-state index contributed by atoms with van der Waals surface area (Å²) in [6, 6.07) is 1.91. The third kappa shape index (κ3) is 4.06. The summed E-state index contributed by atoms with van der Waals surface area (Å²) in [6.45, 7) is 5.61. The maximum Gasteiger partial charge on any atom is 0.225 e. The normalized spacial score (nSPS) is 18.8. The maximum absolute atomic E-state index is 12.3. The van der Waals surface area contributed by atoms with Crippen molar-refractivity contribution in [3.05, 3.63) is 23.3 Å². The molecule has 0 aromatic carbocycles. The average Bonchev–Trinajstić information content (AvgIpc) is 3.36. The van der Waals surface area contributed by atoms with Crippen molar-refractivity contribution in [3.63, 3.8) is 0 Å². The number of hydrogen-bond acceptors (Lipinski definition) is 4. The first-order chi connectivity index (χ1) is 11.0. The van der Waals surface area contributed by atoms with Crippen molar-refractivity contribution in [1.82, 2.24) is 20.2 Å². The summed E-state index contributed by atoms with van der Waals surface area (Å²) in [6.07, 6.45) is 3.57. The van der Waals surface area contributed by atoms with Crippen LogP contribution in [0.25, 0.3) is 0 Å². The highest BCUT2D eigenvalue weighted by atomic mass is 16.2. The lowest BCUT2D eigenvalue weighted by atomic mass is 9.95. The SMILES string of the molecule is Cc1cc(C)nc(CNC(=O)C2CCN(C(=O)C3CC3)CC2)n1. The van der Waals surface area contributed by atoms with Crippen LogP contribution in [0.5, 0.6) is 0 Å². The fourth-order valence-corrected chi connectivity index (χ4v) is 3.14. The number of piperidine rings is 1. The zero-order chi connectivity index (χ0) is 16.4. The molecule has 2 aliphatic rings. The second-order valence-corrected chi connectivity index (χ2v) is 6.66. The number of aromatic nitrogens is 2. The lowest BCUT2D eigenvalue weighted by molar-refractivity contribution is -0.136. The second-order valence-electron chi connectivity index (χ2n) is 6.66. The molecule has 2 fully saturated rings. The zero-order valence-corrected chi connectivity index (χ0v) is 13.8. The topological polar surface area (TPSA) is 75.2 Å². The molecule has 2 heterocycles. The van der Waals surface area contributed by atoms with Gasteiger partial charge in [-0.15, -0.1) is 0 Å². The van der Waals surface area contributed by atoms with Crippen molar-refractivity contribution >= 4 is 11.8 Å². The van der Waals surface area contributed by atoms with Gasteiger partial charge in [-0.3, -0.25) is 9.59 Å². The number of carbonyl (C=O) groups is 2. The fourth-order valence-electron chi connectivity index (χ4n) is 3.14. The highest BCUT2D eigenvalue weighted by Crippen LogP contribution is 2.32. The van der Waals surface area contributed by atoms with E-state index in [-0.39, 0.29) is 23.7 Å². The number of nitrogens with zero attached hydrogens (tertiary/aromatic N) is 3. The minimum atomic E-state index is -0.0100. The van der Waals surface area contributed by atoms with Gasteiger partial charge in [0.2, 0.25) is 11.8 Å². The van der Waals surface area contributed by atoms with E-state index < -0.39 is 0 Å². The van der Waals surface area contributed by atoms with Crippen molar-refractivity contribution in [2.45, 2.75) is 46.1 Å². The molecule has 0 radical (unpaired) electrons. The van der Waals surface area contributed by atoms with Gasteiger partial charge in [0, 0.05) is 36.3 Å². The maximum atomic E-state index is 12.3. The van der Waals surface area contributed by atoms with Crippen LogP contribution in [0.2, 0.25) is 0 Å². The minimum absolute atomic E-state index is 0.0100. The summed E-state index contributed by atoms with van der Waals surface area (Å²) in [5.74, 6) is 1.24. The van der Waals surface area contributed by atoms with E-state index in [1.54, 1.807) is 0 Å². The Balaban J connectivity index is 1.46. The molecule has 0 atom stereocenters. The Labute approximate surface area is 136 Å². The molecule has 1 aromatic heterocycles. The minimum Gasteiger partial charge on any atom is -0.349 e. The molecule has 0 spiro atoms.